The molecule has 9 heteroatoms. The number of aromatic nitrogens is 1. The third-order valence-electron chi connectivity index (χ3n) is 4.26. The summed E-state index contributed by atoms with van der Waals surface area (Å²) in [7, 11) is 0. The van der Waals surface area contributed by atoms with Crippen molar-refractivity contribution in [2.24, 2.45) is 0 Å². The molecule has 0 saturated carbocycles. The molecule has 1 aliphatic heterocycles. The number of carbonyl (C=O) groups is 2. The molecule has 28 heavy (non-hydrogen) atoms. The minimum Gasteiger partial charge on any atom is -0.379 e. The van der Waals surface area contributed by atoms with E-state index in [1.807, 2.05) is 5.38 Å². The molecule has 0 bridgehead atoms. The summed E-state index contributed by atoms with van der Waals surface area (Å²) < 4.78 is 5.34. The van der Waals surface area contributed by atoms with Crippen LogP contribution in [0.5, 0.6) is 0 Å². The van der Waals surface area contributed by atoms with Gasteiger partial charge >= 0.3 is 0 Å². The molecule has 2 N–H and O–H groups in total. The van der Waals surface area contributed by atoms with Crippen LogP contribution >= 0.6 is 22.9 Å². The number of amides is 2. The molecule has 0 spiro atoms. The molecular weight excluding hydrogens is 400 g/mol. The Morgan fingerprint density at radius 1 is 1.21 bits per heavy atom. The maximum Gasteiger partial charge on any atom is 0.251 e. The summed E-state index contributed by atoms with van der Waals surface area (Å²) in [5.74, 6) is -0.280. The normalized spacial score (nSPS) is 14.6. The van der Waals surface area contributed by atoms with Crippen molar-refractivity contribution in [2.75, 3.05) is 38.2 Å². The number of hydrogen-bond donors (Lipinski definition) is 2. The van der Waals surface area contributed by atoms with Gasteiger partial charge in [-0.25, -0.2) is 4.98 Å². The molecule has 1 aliphatic rings. The third-order valence-corrected chi connectivity index (χ3v) is 5.32. The highest BCUT2D eigenvalue weighted by molar-refractivity contribution is 7.13. The van der Waals surface area contributed by atoms with Gasteiger partial charge in [0.1, 0.15) is 0 Å². The Kier molecular flexibility index (Phi) is 7.79. The van der Waals surface area contributed by atoms with Crippen LogP contribution in [0, 0.1) is 0 Å². The van der Waals surface area contributed by atoms with E-state index < -0.39 is 0 Å². The van der Waals surface area contributed by atoms with Crippen molar-refractivity contribution in [3.8, 4) is 0 Å². The summed E-state index contributed by atoms with van der Waals surface area (Å²) in [6, 6.07) is 6.68. The predicted molar refractivity (Wildman–Crippen MR) is 110 cm³/mol. The fourth-order valence-electron chi connectivity index (χ4n) is 2.76. The zero-order chi connectivity index (χ0) is 19.8. The monoisotopic (exact) mass is 422 g/mol. The van der Waals surface area contributed by atoms with Crippen LogP contribution in [0.25, 0.3) is 0 Å². The van der Waals surface area contributed by atoms with Gasteiger partial charge in [0.25, 0.3) is 5.91 Å². The summed E-state index contributed by atoms with van der Waals surface area (Å²) in [6.45, 7) is 4.51. The van der Waals surface area contributed by atoms with Gasteiger partial charge in [-0.1, -0.05) is 11.6 Å². The quantitative estimate of drug-likeness (QED) is 0.639. The van der Waals surface area contributed by atoms with E-state index in [1.54, 1.807) is 24.3 Å². The second-order valence-corrected chi connectivity index (χ2v) is 7.74. The Morgan fingerprint density at radius 3 is 2.71 bits per heavy atom. The standard InChI is InChI=1S/C19H23ClN4O3S/c20-15-5-3-14(4-6-15)18(26)21-7-1-2-17(25)23-19-22-16(13-28-19)12-24-8-10-27-11-9-24/h3-6,13H,1-2,7-12H2,(H,21,26)(H,22,23,25). The number of anilines is 1. The number of halogens is 1. The van der Waals surface area contributed by atoms with Gasteiger partial charge < -0.3 is 15.4 Å². The highest BCUT2D eigenvalue weighted by Crippen LogP contribution is 2.17. The first kappa shape index (κ1) is 20.7. The van der Waals surface area contributed by atoms with Gasteiger partial charge in [-0.15, -0.1) is 11.3 Å². The lowest BCUT2D eigenvalue weighted by Crippen LogP contribution is -2.35. The van der Waals surface area contributed by atoms with Gasteiger partial charge in [0.15, 0.2) is 5.13 Å². The maximum absolute atomic E-state index is 12.1. The molecule has 1 saturated heterocycles. The first-order chi connectivity index (χ1) is 13.6. The molecule has 1 fully saturated rings. The lowest BCUT2D eigenvalue weighted by molar-refractivity contribution is -0.116. The summed E-state index contributed by atoms with van der Waals surface area (Å²) >= 11 is 7.23. The summed E-state index contributed by atoms with van der Waals surface area (Å²) in [4.78, 5) is 30.8. The van der Waals surface area contributed by atoms with E-state index in [4.69, 9.17) is 16.3 Å². The molecule has 1 aromatic carbocycles. The average molecular weight is 423 g/mol. The highest BCUT2D eigenvalue weighted by Gasteiger charge is 2.13. The zero-order valence-electron chi connectivity index (χ0n) is 15.4. The van der Waals surface area contributed by atoms with Crippen molar-refractivity contribution >= 4 is 39.9 Å². The topological polar surface area (TPSA) is 83.6 Å². The fourth-order valence-corrected chi connectivity index (χ4v) is 3.60. The van der Waals surface area contributed by atoms with Crippen LogP contribution in [0.4, 0.5) is 5.13 Å². The smallest absolute Gasteiger partial charge is 0.251 e. The summed E-state index contributed by atoms with van der Waals surface area (Å²) in [5, 5.41) is 8.79. The average Bonchev–Trinajstić information content (AvgIpc) is 3.13. The number of rotatable bonds is 8. The Labute approximate surface area is 173 Å². The van der Waals surface area contributed by atoms with Gasteiger partial charge in [0.2, 0.25) is 5.91 Å². The summed E-state index contributed by atoms with van der Waals surface area (Å²) in [6.07, 6.45) is 0.871. The molecule has 2 aromatic rings. The van der Waals surface area contributed by atoms with Crippen molar-refractivity contribution in [2.45, 2.75) is 19.4 Å². The van der Waals surface area contributed by atoms with Gasteiger partial charge in [-0.2, -0.15) is 0 Å². The zero-order valence-corrected chi connectivity index (χ0v) is 17.0. The second kappa shape index (κ2) is 10.5. The Hall–Kier alpha value is -2.00. The second-order valence-electron chi connectivity index (χ2n) is 6.45. The van der Waals surface area contributed by atoms with Gasteiger partial charge in [0, 0.05) is 48.6 Å². The van der Waals surface area contributed by atoms with Crippen LogP contribution in [0.1, 0.15) is 28.9 Å². The molecule has 0 atom stereocenters. The van der Waals surface area contributed by atoms with E-state index in [9.17, 15) is 9.59 Å². The number of nitrogens with one attached hydrogen (secondary N) is 2. The van der Waals surface area contributed by atoms with E-state index in [0.29, 0.717) is 35.1 Å². The number of thiazole rings is 1. The number of nitrogens with zero attached hydrogens (tertiary/aromatic N) is 2. The largest absolute Gasteiger partial charge is 0.379 e. The van der Waals surface area contributed by atoms with Crippen LogP contribution in [0.3, 0.4) is 0 Å². The molecule has 0 aliphatic carbocycles. The number of ether oxygens (including phenoxy) is 1. The molecule has 3 rings (SSSR count). The van der Waals surface area contributed by atoms with Crippen molar-refractivity contribution in [1.82, 2.24) is 15.2 Å². The van der Waals surface area contributed by atoms with E-state index in [-0.39, 0.29) is 11.8 Å². The number of morpholine rings is 1. The third kappa shape index (κ3) is 6.56. The summed E-state index contributed by atoms with van der Waals surface area (Å²) in [5.41, 5.74) is 1.50. The van der Waals surface area contributed by atoms with Crippen molar-refractivity contribution in [3.63, 3.8) is 0 Å². The SMILES string of the molecule is O=C(CCCNC(=O)c1ccc(Cl)cc1)Nc1nc(CN2CCOCC2)cs1. The molecule has 1 aromatic heterocycles. The molecule has 150 valence electrons. The molecule has 2 amide bonds. The van der Waals surface area contributed by atoms with Crippen molar-refractivity contribution in [1.29, 1.82) is 0 Å². The molecule has 0 unspecified atom stereocenters. The molecule has 2 heterocycles. The molecular formula is C19H23ClN4O3S. The molecule has 0 radical (unpaired) electrons. The fraction of sp³-hybridized carbons (Fsp3) is 0.421. The number of hydrogen-bond acceptors (Lipinski definition) is 6. The first-order valence-electron chi connectivity index (χ1n) is 9.18. The lowest BCUT2D eigenvalue weighted by atomic mass is 10.2. The number of benzene rings is 1. The van der Waals surface area contributed by atoms with E-state index in [0.717, 1.165) is 38.5 Å². The van der Waals surface area contributed by atoms with E-state index in [2.05, 4.69) is 20.5 Å². The van der Waals surface area contributed by atoms with Gasteiger partial charge in [0.05, 0.1) is 18.9 Å². The lowest BCUT2D eigenvalue weighted by Gasteiger charge is -2.25. The highest BCUT2D eigenvalue weighted by atomic mass is 35.5. The van der Waals surface area contributed by atoms with Crippen LogP contribution in [-0.4, -0.2) is 54.5 Å². The van der Waals surface area contributed by atoms with Crippen molar-refractivity contribution in [3.05, 3.63) is 45.9 Å². The van der Waals surface area contributed by atoms with Gasteiger partial charge in [-0.05, 0) is 30.7 Å². The minimum absolute atomic E-state index is 0.104. The van der Waals surface area contributed by atoms with Crippen LogP contribution in [-0.2, 0) is 16.1 Å². The van der Waals surface area contributed by atoms with Crippen molar-refractivity contribution < 1.29 is 14.3 Å². The molecule has 7 nitrogen and oxygen atoms in total. The minimum atomic E-state index is -0.176. The van der Waals surface area contributed by atoms with E-state index in [1.165, 1.54) is 11.3 Å². The Morgan fingerprint density at radius 2 is 1.96 bits per heavy atom. The van der Waals surface area contributed by atoms with Crippen LogP contribution in [0.15, 0.2) is 29.6 Å². The van der Waals surface area contributed by atoms with Crippen LogP contribution < -0.4 is 10.6 Å². The van der Waals surface area contributed by atoms with E-state index >= 15 is 0 Å². The number of carbonyl (C=O) groups excluding carboxylic acids is 2. The Bertz CT molecular complexity index is 791. The van der Waals surface area contributed by atoms with Gasteiger partial charge in [-0.3, -0.25) is 14.5 Å². The maximum atomic E-state index is 12.1. The van der Waals surface area contributed by atoms with Crippen LogP contribution in [0.2, 0.25) is 5.02 Å². The predicted octanol–water partition coefficient (Wildman–Crippen LogP) is 2.78. The Balaban J connectivity index is 1.34. The first-order valence-corrected chi connectivity index (χ1v) is 10.4.